The number of fused-ring (bicyclic) bond motifs is 1. The standard InChI is InChI=1S/C40H36N8O9S2/c1-21-15-33(22(2)14-32(21)44-43-31-13-11-29(58(51,52)53)20-36(31)57-5)45-46-34-16-24(4)35(17-23(34)3)47-48-38-37(59(54,55)56)19-26-18-28(10-12-30(26)39(38)49)42-40(50)25-6-8-27(41)9-7-25/h6-20,49H,41H2,1-5H3,(H,42,50)(H,51,52,53)(H,54,55,56). The Morgan fingerprint density at radius 3 is 1.63 bits per heavy atom. The highest BCUT2D eigenvalue weighted by Crippen LogP contribution is 2.43. The third-order valence-electron chi connectivity index (χ3n) is 9.03. The van der Waals surface area contributed by atoms with Gasteiger partial charge in [0.1, 0.15) is 22.0 Å². The first-order valence-corrected chi connectivity index (χ1v) is 20.3. The molecule has 17 nitrogen and oxygen atoms in total. The number of methoxy groups -OCH3 is 1. The van der Waals surface area contributed by atoms with Gasteiger partial charge in [-0.05, 0) is 140 Å². The van der Waals surface area contributed by atoms with Gasteiger partial charge in [0.15, 0.2) is 5.75 Å². The molecule has 0 saturated carbocycles. The maximum atomic E-state index is 12.7. The first-order chi connectivity index (χ1) is 27.8. The number of hydrogen-bond donors (Lipinski definition) is 5. The first kappa shape index (κ1) is 41.7. The van der Waals surface area contributed by atoms with Crippen LogP contribution in [0.2, 0.25) is 0 Å². The quantitative estimate of drug-likeness (QED) is 0.0468. The van der Waals surface area contributed by atoms with Crippen LogP contribution < -0.4 is 15.8 Å². The minimum absolute atomic E-state index is 0.103. The molecule has 6 N–H and O–H groups in total. The van der Waals surface area contributed by atoms with E-state index >= 15 is 0 Å². The van der Waals surface area contributed by atoms with Crippen LogP contribution in [0.3, 0.4) is 0 Å². The van der Waals surface area contributed by atoms with Crippen LogP contribution in [0.25, 0.3) is 10.8 Å². The SMILES string of the molecule is COc1cc(S(=O)(=O)O)ccc1N=Nc1cc(C)c(N=Nc2cc(C)c(N=Nc3c(S(=O)(=O)O)cc4cc(NC(=O)c5ccc(N)cc5)ccc4c3O)cc2C)cc1C. The second kappa shape index (κ2) is 16.5. The molecule has 0 heterocycles. The minimum atomic E-state index is -4.91. The number of anilines is 2. The number of carbonyl (C=O) groups is 1. The van der Waals surface area contributed by atoms with E-state index in [-0.39, 0.29) is 27.1 Å². The van der Waals surface area contributed by atoms with Gasteiger partial charge in [-0.25, -0.2) is 0 Å². The van der Waals surface area contributed by atoms with Crippen LogP contribution in [0.5, 0.6) is 11.5 Å². The number of ether oxygens (including phenoxy) is 1. The molecule has 1 amide bonds. The molecule has 19 heteroatoms. The van der Waals surface area contributed by atoms with Crippen LogP contribution in [0.1, 0.15) is 32.6 Å². The zero-order chi connectivity index (χ0) is 42.8. The van der Waals surface area contributed by atoms with Gasteiger partial charge in [-0.1, -0.05) is 0 Å². The Morgan fingerprint density at radius 2 is 1.14 bits per heavy atom. The number of amides is 1. The molecule has 0 fully saturated rings. The van der Waals surface area contributed by atoms with Crippen LogP contribution in [0.4, 0.5) is 45.5 Å². The normalized spacial score (nSPS) is 12.3. The van der Waals surface area contributed by atoms with Gasteiger partial charge >= 0.3 is 0 Å². The van der Waals surface area contributed by atoms with E-state index in [0.29, 0.717) is 56.4 Å². The van der Waals surface area contributed by atoms with E-state index in [0.717, 1.165) is 17.7 Å². The van der Waals surface area contributed by atoms with Gasteiger partial charge in [0.25, 0.3) is 26.1 Å². The van der Waals surface area contributed by atoms with Crippen molar-refractivity contribution in [3.8, 4) is 11.5 Å². The molecule has 0 spiro atoms. The summed E-state index contributed by atoms with van der Waals surface area (Å²) in [5, 5.41) is 40.0. The van der Waals surface area contributed by atoms with Crippen LogP contribution in [0, 0.1) is 27.7 Å². The molecule has 6 rings (SSSR count). The topological polar surface area (TPSA) is 267 Å². The monoisotopic (exact) mass is 836 g/mol. The van der Waals surface area contributed by atoms with Crippen LogP contribution in [-0.2, 0) is 20.2 Å². The number of aromatic hydroxyl groups is 1. The molecule has 6 aromatic rings. The van der Waals surface area contributed by atoms with Crippen molar-refractivity contribution in [2.24, 2.45) is 30.7 Å². The fourth-order valence-electron chi connectivity index (χ4n) is 5.78. The second-order valence-electron chi connectivity index (χ2n) is 13.3. The van der Waals surface area contributed by atoms with Gasteiger partial charge in [-0.2, -0.15) is 37.3 Å². The summed E-state index contributed by atoms with van der Waals surface area (Å²) in [6.07, 6.45) is 0. The van der Waals surface area contributed by atoms with E-state index in [1.54, 1.807) is 62.4 Å². The van der Waals surface area contributed by atoms with Crippen molar-refractivity contribution >= 4 is 82.4 Å². The number of aryl methyl sites for hydroxylation is 4. The molecule has 0 bridgehead atoms. The second-order valence-corrected chi connectivity index (χ2v) is 16.1. The highest BCUT2D eigenvalue weighted by Gasteiger charge is 2.23. The van der Waals surface area contributed by atoms with Crippen LogP contribution in [0.15, 0.2) is 131 Å². The number of phenolic OH excluding ortho intramolecular Hbond substituents is 1. The number of hydrogen-bond acceptors (Lipinski definition) is 14. The van der Waals surface area contributed by atoms with E-state index in [9.17, 15) is 35.8 Å². The molecule has 59 heavy (non-hydrogen) atoms. The summed E-state index contributed by atoms with van der Waals surface area (Å²) in [5.74, 6) is -0.893. The number of phenols is 1. The summed E-state index contributed by atoms with van der Waals surface area (Å²) < 4.78 is 72.7. The van der Waals surface area contributed by atoms with E-state index in [1.807, 2.05) is 13.8 Å². The smallest absolute Gasteiger partial charge is 0.296 e. The number of rotatable bonds is 11. The molecule has 0 aliphatic carbocycles. The Bertz CT molecular complexity index is 2990. The van der Waals surface area contributed by atoms with Gasteiger partial charge in [0, 0.05) is 28.4 Å². The van der Waals surface area contributed by atoms with Gasteiger partial charge in [0.2, 0.25) is 0 Å². The van der Waals surface area contributed by atoms with Crippen molar-refractivity contribution in [1.29, 1.82) is 0 Å². The van der Waals surface area contributed by atoms with Crippen LogP contribution >= 0.6 is 0 Å². The van der Waals surface area contributed by atoms with Crippen molar-refractivity contribution in [3.05, 3.63) is 119 Å². The molecule has 0 unspecified atom stereocenters. The average Bonchev–Trinajstić information content (AvgIpc) is 3.17. The number of nitrogens with one attached hydrogen (secondary N) is 1. The van der Waals surface area contributed by atoms with Crippen molar-refractivity contribution in [3.63, 3.8) is 0 Å². The number of benzene rings is 6. The lowest BCUT2D eigenvalue weighted by Gasteiger charge is -2.11. The fraction of sp³-hybridized carbons (Fsp3) is 0.125. The summed E-state index contributed by atoms with van der Waals surface area (Å²) in [6, 6.07) is 22.4. The Labute approximate surface area is 338 Å². The molecular weight excluding hydrogens is 801 g/mol. The molecule has 0 atom stereocenters. The number of nitrogen functional groups attached to an aromatic ring is 1. The molecule has 6 aromatic carbocycles. The maximum absolute atomic E-state index is 12.7. The van der Waals surface area contributed by atoms with E-state index < -0.39 is 42.5 Å². The minimum Gasteiger partial charge on any atom is -0.505 e. The summed E-state index contributed by atoms with van der Waals surface area (Å²) in [7, 11) is -8.00. The van der Waals surface area contributed by atoms with E-state index in [1.165, 1.54) is 37.4 Å². The lowest BCUT2D eigenvalue weighted by Crippen LogP contribution is -2.11. The predicted molar refractivity (Wildman–Crippen MR) is 221 cm³/mol. The number of nitrogens with two attached hydrogens (primary N) is 1. The first-order valence-electron chi connectivity index (χ1n) is 17.4. The zero-order valence-electron chi connectivity index (χ0n) is 32.0. The highest BCUT2D eigenvalue weighted by atomic mass is 32.2. The van der Waals surface area contributed by atoms with Crippen molar-refractivity contribution in [2.75, 3.05) is 18.2 Å². The molecule has 0 aliphatic rings. The number of azo groups is 3. The molecule has 0 radical (unpaired) electrons. The Balaban J connectivity index is 1.23. The third-order valence-corrected chi connectivity index (χ3v) is 10.7. The molecule has 302 valence electrons. The lowest BCUT2D eigenvalue weighted by atomic mass is 10.1. The highest BCUT2D eigenvalue weighted by molar-refractivity contribution is 7.86. The van der Waals surface area contributed by atoms with Crippen LogP contribution in [-0.4, -0.2) is 44.1 Å². The van der Waals surface area contributed by atoms with Gasteiger partial charge < -0.3 is 20.9 Å². The maximum Gasteiger partial charge on any atom is 0.296 e. The Morgan fingerprint density at radius 1 is 0.627 bits per heavy atom. The van der Waals surface area contributed by atoms with Gasteiger partial charge in [-0.15, -0.1) is 10.2 Å². The van der Waals surface area contributed by atoms with E-state index in [4.69, 9.17) is 10.5 Å². The summed E-state index contributed by atoms with van der Waals surface area (Å²) >= 11 is 0. The zero-order valence-corrected chi connectivity index (χ0v) is 33.7. The third kappa shape index (κ3) is 9.45. The van der Waals surface area contributed by atoms with Gasteiger partial charge in [-0.3, -0.25) is 13.9 Å². The molecule has 0 saturated heterocycles. The number of nitrogens with zero attached hydrogens (tertiary/aromatic N) is 6. The molecular formula is C40H36N8O9S2. The average molecular weight is 837 g/mol. The van der Waals surface area contributed by atoms with E-state index in [2.05, 4.69) is 36.0 Å². The Kier molecular flexibility index (Phi) is 11.7. The predicted octanol–water partition coefficient (Wildman–Crippen LogP) is 10.4. The largest absolute Gasteiger partial charge is 0.505 e. The lowest BCUT2D eigenvalue weighted by molar-refractivity contribution is 0.102. The van der Waals surface area contributed by atoms with Crippen molar-refractivity contribution in [1.82, 2.24) is 0 Å². The fourth-order valence-corrected chi connectivity index (χ4v) is 6.94. The van der Waals surface area contributed by atoms with Crippen molar-refractivity contribution < 1.29 is 40.6 Å². The summed E-state index contributed by atoms with van der Waals surface area (Å²) in [4.78, 5) is 11.7. The molecule has 0 aromatic heterocycles. The Hall–Kier alpha value is -6.93. The van der Waals surface area contributed by atoms with Gasteiger partial charge in [0.05, 0.1) is 34.8 Å². The number of carbonyl (C=O) groups excluding carboxylic acids is 1. The van der Waals surface area contributed by atoms with Crippen molar-refractivity contribution in [2.45, 2.75) is 37.5 Å². The molecule has 0 aliphatic heterocycles. The summed E-state index contributed by atoms with van der Waals surface area (Å²) in [5.41, 5.74) is 11.2. The summed E-state index contributed by atoms with van der Waals surface area (Å²) in [6.45, 7) is 7.13.